The third-order valence-electron chi connectivity index (χ3n) is 2.98. The molecule has 0 heterocycles. The highest BCUT2D eigenvalue weighted by atomic mass is 16.5. The van der Waals surface area contributed by atoms with E-state index in [-0.39, 0.29) is 12.6 Å². The molecule has 1 atom stereocenters. The fraction of sp³-hybridized carbons (Fsp3) is 0.824. The fourth-order valence-electron chi connectivity index (χ4n) is 1.59. The normalized spacial score (nSPS) is 11.3. The van der Waals surface area contributed by atoms with Crippen LogP contribution in [-0.4, -0.2) is 50.7 Å². The van der Waals surface area contributed by atoms with Gasteiger partial charge in [-0.2, -0.15) is 0 Å². The van der Waals surface area contributed by atoms with Gasteiger partial charge in [0.2, 0.25) is 0 Å². The number of carbonyl (C=O) groups is 1. The van der Waals surface area contributed by atoms with E-state index < -0.39 is 0 Å². The Bertz CT molecular complexity index is 237. The number of rotatable bonds is 13. The first kappa shape index (κ1) is 23.4. The molecule has 0 aromatic heterocycles. The lowest BCUT2D eigenvalue weighted by Gasteiger charge is -2.13. The van der Waals surface area contributed by atoms with Crippen molar-refractivity contribution in [2.24, 2.45) is 5.92 Å². The maximum absolute atomic E-state index is 10.8. The molecule has 132 valence electrons. The summed E-state index contributed by atoms with van der Waals surface area (Å²) in [5.41, 5.74) is 0. The molecular formula is C17H34O5. The number of aliphatic hydroxyl groups is 1. The van der Waals surface area contributed by atoms with Crippen LogP contribution in [0.2, 0.25) is 0 Å². The minimum Gasteiger partial charge on any atom is -0.462 e. The Balaban J connectivity index is 0. The van der Waals surface area contributed by atoms with Crippen molar-refractivity contribution in [3.8, 4) is 0 Å². The van der Waals surface area contributed by atoms with Crippen LogP contribution in [0.3, 0.4) is 0 Å². The SMILES string of the molecule is C=CC(=O)OCC(CC)CCCC.CCOCCOCCO. The third kappa shape index (κ3) is 19.1. The van der Waals surface area contributed by atoms with Crippen molar-refractivity contribution >= 4 is 5.97 Å². The van der Waals surface area contributed by atoms with Gasteiger partial charge in [-0.15, -0.1) is 0 Å². The average molecular weight is 318 g/mol. The summed E-state index contributed by atoms with van der Waals surface area (Å²) in [6.07, 6.45) is 5.85. The Labute approximate surface area is 135 Å². The molecule has 1 N–H and O–H groups in total. The molecule has 0 bridgehead atoms. The van der Waals surface area contributed by atoms with Gasteiger partial charge in [0.25, 0.3) is 0 Å². The maximum Gasteiger partial charge on any atom is 0.330 e. The van der Waals surface area contributed by atoms with Crippen LogP contribution >= 0.6 is 0 Å². The first-order valence-electron chi connectivity index (χ1n) is 8.21. The van der Waals surface area contributed by atoms with Crippen molar-refractivity contribution in [1.29, 1.82) is 0 Å². The van der Waals surface area contributed by atoms with Gasteiger partial charge in [0.05, 0.1) is 33.0 Å². The number of hydrogen-bond acceptors (Lipinski definition) is 5. The van der Waals surface area contributed by atoms with E-state index in [4.69, 9.17) is 19.3 Å². The van der Waals surface area contributed by atoms with Crippen LogP contribution in [0.25, 0.3) is 0 Å². The van der Waals surface area contributed by atoms with Crippen molar-refractivity contribution in [1.82, 2.24) is 0 Å². The lowest BCUT2D eigenvalue weighted by Crippen LogP contribution is -2.12. The van der Waals surface area contributed by atoms with Gasteiger partial charge in [0.15, 0.2) is 0 Å². The van der Waals surface area contributed by atoms with E-state index in [1.54, 1.807) is 0 Å². The second kappa shape index (κ2) is 20.1. The Hall–Kier alpha value is -0.910. The van der Waals surface area contributed by atoms with Gasteiger partial charge in [-0.1, -0.05) is 39.7 Å². The largest absolute Gasteiger partial charge is 0.462 e. The zero-order chi connectivity index (χ0) is 17.1. The van der Waals surface area contributed by atoms with Crippen molar-refractivity contribution in [2.75, 3.05) is 39.6 Å². The van der Waals surface area contributed by atoms with Crippen LogP contribution < -0.4 is 0 Å². The molecule has 1 unspecified atom stereocenters. The second-order valence-corrected chi connectivity index (χ2v) is 4.78. The van der Waals surface area contributed by atoms with Crippen molar-refractivity contribution in [3.63, 3.8) is 0 Å². The maximum atomic E-state index is 10.8. The van der Waals surface area contributed by atoms with Gasteiger partial charge in [0, 0.05) is 12.7 Å². The number of hydrogen-bond donors (Lipinski definition) is 1. The first-order valence-corrected chi connectivity index (χ1v) is 8.21. The number of carbonyl (C=O) groups excluding carboxylic acids is 1. The molecule has 0 rings (SSSR count). The van der Waals surface area contributed by atoms with E-state index in [1.807, 2.05) is 6.92 Å². The Morgan fingerprint density at radius 3 is 2.36 bits per heavy atom. The number of aliphatic hydroxyl groups excluding tert-OH is 1. The summed E-state index contributed by atoms with van der Waals surface area (Å²) in [4.78, 5) is 10.8. The zero-order valence-electron chi connectivity index (χ0n) is 14.5. The highest BCUT2D eigenvalue weighted by Crippen LogP contribution is 2.12. The van der Waals surface area contributed by atoms with Crippen molar-refractivity contribution in [2.45, 2.75) is 46.5 Å². The molecule has 0 saturated carbocycles. The van der Waals surface area contributed by atoms with Gasteiger partial charge in [-0.3, -0.25) is 0 Å². The Morgan fingerprint density at radius 2 is 1.86 bits per heavy atom. The van der Waals surface area contributed by atoms with E-state index in [0.717, 1.165) is 19.4 Å². The fourth-order valence-corrected chi connectivity index (χ4v) is 1.59. The summed E-state index contributed by atoms with van der Waals surface area (Å²) in [5.74, 6) is 0.207. The van der Waals surface area contributed by atoms with Gasteiger partial charge >= 0.3 is 5.97 Å². The topological polar surface area (TPSA) is 65.0 Å². The molecular weight excluding hydrogens is 284 g/mol. The molecule has 0 aliphatic carbocycles. The summed E-state index contributed by atoms with van der Waals surface area (Å²) in [7, 11) is 0. The molecule has 0 spiro atoms. The molecule has 0 aliphatic heterocycles. The summed E-state index contributed by atoms with van der Waals surface area (Å²) in [6.45, 7) is 12.6. The van der Waals surface area contributed by atoms with Crippen LogP contribution in [0.5, 0.6) is 0 Å². The smallest absolute Gasteiger partial charge is 0.330 e. The number of unbranched alkanes of at least 4 members (excludes halogenated alkanes) is 1. The molecule has 0 saturated heterocycles. The Morgan fingerprint density at radius 1 is 1.18 bits per heavy atom. The average Bonchev–Trinajstić information content (AvgIpc) is 2.55. The van der Waals surface area contributed by atoms with Crippen LogP contribution in [-0.2, 0) is 19.0 Å². The molecule has 0 aromatic carbocycles. The minimum absolute atomic E-state index is 0.0894. The van der Waals surface area contributed by atoms with Crippen LogP contribution in [0, 0.1) is 5.92 Å². The summed E-state index contributed by atoms with van der Waals surface area (Å²) in [6, 6.07) is 0. The summed E-state index contributed by atoms with van der Waals surface area (Å²) < 4.78 is 14.9. The van der Waals surface area contributed by atoms with E-state index in [2.05, 4.69) is 20.4 Å². The van der Waals surface area contributed by atoms with Crippen LogP contribution in [0.1, 0.15) is 46.5 Å². The lowest BCUT2D eigenvalue weighted by molar-refractivity contribution is -0.139. The molecule has 5 nitrogen and oxygen atoms in total. The monoisotopic (exact) mass is 318 g/mol. The molecule has 0 fully saturated rings. The van der Waals surface area contributed by atoms with Crippen LogP contribution in [0.4, 0.5) is 0 Å². The predicted molar refractivity (Wildman–Crippen MR) is 88.9 cm³/mol. The zero-order valence-corrected chi connectivity index (χ0v) is 14.5. The molecule has 0 radical (unpaired) electrons. The predicted octanol–water partition coefficient (Wildman–Crippen LogP) is 2.96. The first-order chi connectivity index (χ1) is 10.7. The lowest BCUT2D eigenvalue weighted by atomic mass is 10.0. The highest BCUT2D eigenvalue weighted by molar-refractivity contribution is 5.81. The quantitative estimate of drug-likeness (QED) is 0.321. The van der Waals surface area contributed by atoms with Crippen LogP contribution in [0.15, 0.2) is 12.7 Å². The minimum atomic E-state index is -0.310. The Kier molecular flexibility index (Phi) is 21.3. The standard InChI is InChI=1S/C11H20O2.C6H14O3/c1-4-7-8-10(5-2)9-13-11(12)6-3;1-2-8-5-6-9-4-3-7/h6,10H,3-5,7-9H2,1-2H3;7H,2-6H2,1H3. The van der Waals surface area contributed by atoms with Gasteiger partial charge in [-0.05, 0) is 19.3 Å². The van der Waals surface area contributed by atoms with E-state index in [1.165, 1.54) is 18.9 Å². The highest BCUT2D eigenvalue weighted by Gasteiger charge is 2.07. The molecule has 22 heavy (non-hydrogen) atoms. The third-order valence-corrected chi connectivity index (χ3v) is 2.98. The van der Waals surface area contributed by atoms with Crippen molar-refractivity contribution in [3.05, 3.63) is 12.7 Å². The van der Waals surface area contributed by atoms with Gasteiger partial charge < -0.3 is 19.3 Å². The van der Waals surface area contributed by atoms with Crippen molar-refractivity contribution < 1.29 is 24.1 Å². The second-order valence-electron chi connectivity index (χ2n) is 4.78. The number of ether oxygens (including phenoxy) is 3. The molecule has 0 aromatic rings. The molecule has 0 aliphatic rings. The van der Waals surface area contributed by atoms with E-state index in [0.29, 0.717) is 32.3 Å². The van der Waals surface area contributed by atoms with Gasteiger partial charge in [-0.25, -0.2) is 4.79 Å². The van der Waals surface area contributed by atoms with E-state index >= 15 is 0 Å². The molecule has 5 heteroatoms. The van der Waals surface area contributed by atoms with E-state index in [9.17, 15) is 4.79 Å². The summed E-state index contributed by atoms with van der Waals surface area (Å²) >= 11 is 0. The summed E-state index contributed by atoms with van der Waals surface area (Å²) in [5, 5.41) is 8.26. The molecule has 0 amide bonds. The van der Waals surface area contributed by atoms with Gasteiger partial charge in [0.1, 0.15) is 0 Å². The number of esters is 1.